The van der Waals surface area contributed by atoms with Crippen LogP contribution in [0.2, 0.25) is 0 Å². The number of halogens is 9. The molecule has 0 aliphatic carbocycles. The van der Waals surface area contributed by atoms with E-state index in [1.807, 2.05) is 0 Å². The summed E-state index contributed by atoms with van der Waals surface area (Å²) in [4.78, 5) is 0. The molecule has 0 saturated carbocycles. The Labute approximate surface area is 130 Å². The largest absolute Gasteiger partial charge is 0.450 e. The second-order valence-electron chi connectivity index (χ2n) is 6.01. The van der Waals surface area contributed by atoms with Gasteiger partial charge in [-0.15, -0.1) is 0 Å². The molecule has 0 bridgehead atoms. The van der Waals surface area contributed by atoms with Crippen molar-refractivity contribution >= 4 is 10.2 Å². The van der Waals surface area contributed by atoms with E-state index in [9.17, 15) is 47.4 Å². The normalized spacial score (nSPS) is 30.7. The Morgan fingerprint density at radius 3 is 1.62 bits per heavy atom. The monoisotopic (exact) mass is 398 g/mol. The highest BCUT2D eigenvalue weighted by Gasteiger charge is 2.89. The van der Waals surface area contributed by atoms with Gasteiger partial charge in [0.25, 0.3) is 0 Å². The Kier molecular flexibility index (Phi) is 4.55. The molecule has 144 valence electrons. The van der Waals surface area contributed by atoms with Crippen molar-refractivity contribution in [3.05, 3.63) is 0 Å². The topological polar surface area (TPSA) is 52.6 Å². The number of ether oxygens (including phenoxy) is 2. The van der Waals surface area contributed by atoms with Crippen LogP contribution < -0.4 is 0 Å². The summed E-state index contributed by atoms with van der Waals surface area (Å²) in [5.74, 6) is -16.2. The lowest BCUT2D eigenvalue weighted by atomic mass is 9.87. The standard InChI is InChI=1S/C10H11F9O4S/c1-5(2,3)6(11)4-22-8(23-6,9(14,15)16)7(12,13)10(17,18)24(19,20)21/h4H2,1-3H3. The first-order chi connectivity index (χ1) is 10.2. The van der Waals surface area contributed by atoms with E-state index < -0.39 is 51.2 Å². The van der Waals surface area contributed by atoms with Gasteiger partial charge in [-0.1, -0.05) is 24.7 Å². The van der Waals surface area contributed by atoms with Crippen LogP contribution >= 0.6 is 0 Å². The molecule has 2 atom stereocenters. The highest BCUT2D eigenvalue weighted by Crippen LogP contribution is 2.60. The van der Waals surface area contributed by atoms with Crippen molar-refractivity contribution < 1.29 is 56.9 Å². The molecule has 24 heavy (non-hydrogen) atoms. The molecule has 0 N–H and O–H groups in total. The van der Waals surface area contributed by atoms with Gasteiger partial charge in [-0.05, 0) is 0 Å². The molecule has 2 unspecified atom stereocenters. The second kappa shape index (κ2) is 5.13. The van der Waals surface area contributed by atoms with E-state index in [0.29, 0.717) is 0 Å². The minimum absolute atomic E-state index is 0.880. The third-order valence-corrected chi connectivity index (χ3v) is 4.21. The molecule has 0 aromatic heterocycles. The molecule has 1 fully saturated rings. The number of rotatable bonds is 3. The van der Waals surface area contributed by atoms with E-state index >= 15 is 0 Å². The van der Waals surface area contributed by atoms with Crippen molar-refractivity contribution in [3.8, 4) is 0 Å². The minimum atomic E-state index is -7.53. The Morgan fingerprint density at radius 1 is 0.958 bits per heavy atom. The predicted octanol–water partition coefficient (Wildman–Crippen LogP) is 3.53. The van der Waals surface area contributed by atoms with Gasteiger partial charge in [0.2, 0.25) is 5.85 Å². The molecule has 1 heterocycles. The Balaban J connectivity index is 3.63. The molecular formula is C10H11F9O4S. The molecule has 0 aromatic rings. The van der Waals surface area contributed by atoms with Crippen LogP contribution in [0.5, 0.6) is 0 Å². The van der Waals surface area contributed by atoms with Gasteiger partial charge in [0.05, 0.1) is 0 Å². The fraction of sp³-hybridized carbons (Fsp3) is 1.00. The Hall–Kier alpha value is -0.760. The molecule has 1 aliphatic heterocycles. The lowest BCUT2D eigenvalue weighted by Crippen LogP contribution is -2.68. The van der Waals surface area contributed by atoms with Crippen molar-refractivity contribution in [2.24, 2.45) is 5.41 Å². The zero-order chi connectivity index (χ0) is 19.6. The predicted molar refractivity (Wildman–Crippen MR) is 59.0 cm³/mol. The summed E-state index contributed by atoms with van der Waals surface area (Å²) >= 11 is 0. The molecule has 0 spiro atoms. The lowest BCUT2D eigenvalue weighted by Gasteiger charge is -2.40. The fourth-order valence-electron chi connectivity index (χ4n) is 1.67. The van der Waals surface area contributed by atoms with Gasteiger partial charge >= 0.3 is 33.4 Å². The van der Waals surface area contributed by atoms with Crippen LogP contribution in [0.15, 0.2) is 0 Å². The maximum absolute atomic E-state index is 14.4. The lowest BCUT2D eigenvalue weighted by molar-refractivity contribution is -0.449. The number of alkyl halides is 8. The average molecular weight is 398 g/mol. The first-order valence-electron chi connectivity index (χ1n) is 5.96. The van der Waals surface area contributed by atoms with Crippen molar-refractivity contribution in [1.29, 1.82) is 0 Å². The quantitative estimate of drug-likeness (QED) is 0.539. The van der Waals surface area contributed by atoms with Gasteiger partial charge in [-0.3, -0.25) is 4.74 Å². The zero-order valence-corrected chi connectivity index (χ0v) is 13.0. The maximum Gasteiger partial charge on any atom is 0.450 e. The maximum atomic E-state index is 14.4. The molecule has 0 radical (unpaired) electrons. The van der Waals surface area contributed by atoms with Gasteiger partial charge in [-0.25, -0.2) is 4.39 Å². The van der Waals surface area contributed by atoms with Crippen LogP contribution in [0, 0.1) is 5.41 Å². The first kappa shape index (κ1) is 21.3. The molecule has 1 aliphatic rings. The van der Waals surface area contributed by atoms with Crippen LogP contribution in [0.4, 0.5) is 39.0 Å². The van der Waals surface area contributed by atoms with Crippen LogP contribution in [0.1, 0.15) is 20.8 Å². The van der Waals surface area contributed by atoms with Crippen molar-refractivity contribution in [3.63, 3.8) is 0 Å². The smallest absolute Gasteiger partial charge is 0.332 e. The number of hydrogen-bond donors (Lipinski definition) is 0. The van der Waals surface area contributed by atoms with E-state index in [0.717, 1.165) is 20.8 Å². The summed E-state index contributed by atoms with van der Waals surface area (Å²) < 4.78 is 147. The molecule has 1 rings (SSSR count). The van der Waals surface area contributed by atoms with E-state index in [1.165, 1.54) is 0 Å². The average Bonchev–Trinajstić information content (AvgIpc) is 2.67. The van der Waals surface area contributed by atoms with E-state index in [1.54, 1.807) is 0 Å². The third kappa shape index (κ3) is 2.66. The van der Waals surface area contributed by atoms with Crippen LogP contribution in [0.25, 0.3) is 0 Å². The second-order valence-corrected chi connectivity index (χ2v) is 7.40. The first-order valence-corrected chi connectivity index (χ1v) is 7.34. The van der Waals surface area contributed by atoms with E-state index in [4.69, 9.17) is 0 Å². The summed E-state index contributed by atoms with van der Waals surface area (Å²) in [6.07, 6.45) is -6.54. The summed E-state index contributed by atoms with van der Waals surface area (Å²) in [6, 6.07) is 0. The van der Waals surface area contributed by atoms with Gasteiger partial charge in [0, 0.05) is 5.41 Å². The Bertz CT molecular complexity index is 609. The minimum Gasteiger partial charge on any atom is -0.332 e. The van der Waals surface area contributed by atoms with Crippen molar-refractivity contribution in [2.45, 2.75) is 49.8 Å². The summed E-state index contributed by atoms with van der Waals surface area (Å²) in [5, 5.41) is -6.90. The van der Waals surface area contributed by atoms with E-state index in [2.05, 4.69) is 9.47 Å². The number of hydrogen-bond acceptors (Lipinski definition) is 4. The Morgan fingerprint density at radius 2 is 1.38 bits per heavy atom. The molecule has 1 saturated heterocycles. The molecule has 0 amide bonds. The van der Waals surface area contributed by atoms with Crippen LogP contribution in [-0.2, 0) is 19.7 Å². The van der Waals surface area contributed by atoms with Gasteiger partial charge in [0.15, 0.2) is 0 Å². The summed E-state index contributed by atoms with van der Waals surface area (Å²) in [5.41, 5.74) is -1.97. The van der Waals surface area contributed by atoms with Crippen molar-refractivity contribution in [1.82, 2.24) is 0 Å². The van der Waals surface area contributed by atoms with Gasteiger partial charge in [0.1, 0.15) is 6.61 Å². The third-order valence-electron chi connectivity index (χ3n) is 3.34. The zero-order valence-electron chi connectivity index (χ0n) is 12.2. The van der Waals surface area contributed by atoms with Gasteiger partial charge in [-0.2, -0.15) is 39.2 Å². The fourth-order valence-corrected chi connectivity index (χ4v) is 2.11. The van der Waals surface area contributed by atoms with Crippen LogP contribution in [-0.4, -0.2) is 44.0 Å². The SMILES string of the molecule is CC(C)(C)C1(F)COC(C(F)(F)F)(C(F)(F)C(F)(F)S(=O)(=O)F)O1. The summed E-state index contributed by atoms with van der Waals surface area (Å²) in [7, 11) is -7.53. The molecule has 4 nitrogen and oxygen atoms in total. The molecular weight excluding hydrogens is 387 g/mol. The van der Waals surface area contributed by atoms with Gasteiger partial charge < -0.3 is 4.74 Å². The van der Waals surface area contributed by atoms with Crippen molar-refractivity contribution in [2.75, 3.05) is 6.61 Å². The van der Waals surface area contributed by atoms with E-state index in [-0.39, 0.29) is 0 Å². The molecule has 0 aromatic carbocycles. The highest BCUT2D eigenvalue weighted by molar-refractivity contribution is 7.87. The molecule has 14 heteroatoms. The van der Waals surface area contributed by atoms with Crippen LogP contribution in [0.3, 0.4) is 0 Å². The highest BCUT2D eigenvalue weighted by atomic mass is 32.3. The summed E-state index contributed by atoms with van der Waals surface area (Å²) in [6.45, 7) is 0.759.